The van der Waals surface area contributed by atoms with Crippen molar-refractivity contribution in [2.24, 2.45) is 11.8 Å². The van der Waals surface area contributed by atoms with Crippen LogP contribution >= 0.6 is 0 Å². The fourth-order valence-electron chi connectivity index (χ4n) is 3.78. The van der Waals surface area contributed by atoms with Crippen molar-refractivity contribution in [2.75, 3.05) is 24.6 Å². The van der Waals surface area contributed by atoms with Crippen LogP contribution in [0.3, 0.4) is 0 Å². The molecule has 1 aliphatic heterocycles. The van der Waals surface area contributed by atoms with Crippen LogP contribution < -0.4 is 4.90 Å². The summed E-state index contributed by atoms with van der Waals surface area (Å²) < 4.78 is 35.9. The van der Waals surface area contributed by atoms with Gasteiger partial charge in [-0.2, -0.15) is 0 Å². The summed E-state index contributed by atoms with van der Waals surface area (Å²) in [6.45, 7) is 2.95. The summed E-state index contributed by atoms with van der Waals surface area (Å²) >= 11 is 0. The lowest BCUT2D eigenvalue weighted by Gasteiger charge is -2.26. The van der Waals surface area contributed by atoms with Crippen LogP contribution in [0.25, 0.3) is 0 Å². The average Bonchev–Trinajstić information content (AvgIpc) is 2.75. The maximum Gasteiger partial charge on any atom is 0.318 e. The van der Waals surface area contributed by atoms with Gasteiger partial charge in [-0.1, -0.05) is 19.8 Å². The molecular weight excluding hydrogens is 420 g/mol. The zero-order valence-electron chi connectivity index (χ0n) is 16.6. The molecule has 168 valence electrons. The van der Waals surface area contributed by atoms with Gasteiger partial charge in [0.15, 0.2) is 0 Å². The minimum atomic E-state index is -4.71. The van der Waals surface area contributed by atoms with Gasteiger partial charge < -0.3 is 9.45 Å². The van der Waals surface area contributed by atoms with Crippen molar-refractivity contribution < 1.29 is 27.0 Å². The third-order valence-corrected chi connectivity index (χ3v) is 5.85. The molecule has 0 aliphatic carbocycles. The van der Waals surface area contributed by atoms with E-state index in [0.717, 1.165) is 31.5 Å². The number of hydrogen-bond donors (Lipinski definition) is 0. The fourth-order valence-corrected chi connectivity index (χ4v) is 4.10. The van der Waals surface area contributed by atoms with Crippen LogP contribution in [-0.2, 0) is 14.6 Å². The van der Waals surface area contributed by atoms with E-state index in [1.165, 1.54) is 0 Å². The monoisotopic (exact) mass is 445 g/mol. The molecule has 1 aliphatic rings. The molecule has 0 aromatic carbocycles. The van der Waals surface area contributed by atoms with E-state index in [2.05, 4.69) is 16.1 Å². The lowest BCUT2D eigenvalue weighted by Crippen LogP contribution is -2.29. The molecule has 0 saturated carbocycles. The summed E-state index contributed by atoms with van der Waals surface area (Å²) in [6, 6.07) is 0.926. The predicted octanol–water partition coefficient (Wildman–Crippen LogP) is 2.79. The van der Waals surface area contributed by atoms with Gasteiger partial charge in [-0.3, -0.25) is 24.4 Å². The second-order valence-corrected chi connectivity index (χ2v) is 8.48. The quantitative estimate of drug-likeness (QED) is 0.190. The maximum absolute atomic E-state index is 11.5. The van der Waals surface area contributed by atoms with E-state index in [1.807, 2.05) is 0 Å². The van der Waals surface area contributed by atoms with Crippen molar-refractivity contribution in [1.29, 1.82) is 0 Å². The first-order valence-corrected chi connectivity index (χ1v) is 11.1. The molecule has 1 saturated heterocycles. The lowest BCUT2D eigenvalue weighted by atomic mass is 9.84. The van der Waals surface area contributed by atoms with E-state index in [1.54, 1.807) is 4.90 Å². The van der Waals surface area contributed by atoms with Gasteiger partial charge >= 0.3 is 5.69 Å². The SMILES string of the molecule is CC1CCCCN(c2ncc([N+](=O)[O-])cc2[N+](=O)[O-])CCC1CCCOS(=O)(=O)[O-]. The molecule has 13 heteroatoms. The van der Waals surface area contributed by atoms with Gasteiger partial charge in [0.2, 0.25) is 16.2 Å². The molecule has 2 rings (SSSR count). The second kappa shape index (κ2) is 10.6. The first kappa shape index (κ1) is 23.9. The molecular formula is C17H25N4O8S-. The first-order valence-electron chi connectivity index (χ1n) is 9.72. The minimum absolute atomic E-state index is 0.111. The van der Waals surface area contributed by atoms with Crippen LogP contribution in [0.1, 0.15) is 45.4 Å². The molecule has 0 amide bonds. The number of rotatable bonds is 8. The molecule has 1 aromatic rings. The van der Waals surface area contributed by atoms with E-state index < -0.39 is 31.6 Å². The average molecular weight is 445 g/mol. The highest BCUT2D eigenvalue weighted by Crippen LogP contribution is 2.33. The molecule has 1 fully saturated rings. The largest absolute Gasteiger partial charge is 0.726 e. The van der Waals surface area contributed by atoms with Crippen LogP contribution in [-0.4, -0.2) is 47.5 Å². The van der Waals surface area contributed by atoms with Crippen molar-refractivity contribution >= 4 is 27.6 Å². The highest BCUT2D eigenvalue weighted by molar-refractivity contribution is 7.80. The van der Waals surface area contributed by atoms with Crippen LogP contribution in [0, 0.1) is 32.1 Å². The van der Waals surface area contributed by atoms with Crippen LogP contribution in [0.15, 0.2) is 12.3 Å². The smallest absolute Gasteiger partial charge is 0.318 e. The van der Waals surface area contributed by atoms with Crippen molar-refractivity contribution in [2.45, 2.75) is 45.4 Å². The Morgan fingerprint density at radius 3 is 2.57 bits per heavy atom. The molecule has 12 nitrogen and oxygen atoms in total. The van der Waals surface area contributed by atoms with Crippen molar-refractivity contribution in [3.63, 3.8) is 0 Å². The molecule has 0 spiro atoms. The second-order valence-electron chi connectivity index (χ2n) is 7.43. The molecule has 1 aromatic heterocycles. The first-order chi connectivity index (χ1) is 14.1. The van der Waals surface area contributed by atoms with Crippen molar-refractivity contribution in [1.82, 2.24) is 4.98 Å². The molecule has 0 bridgehead atoms. The van der Waals surface area contributed by atoms with E-state index in [4.69, 9.17) is 0 Å². The summed E-state index contributed by atoms with van der Waals surface area (Å²) in [5.41, 5.74) is -0.836. The Balaban J connectivity index is 2.13. The van der Waals surface area contributed by atoms with E-state index in [0.29, 0.717) is 38.3 Å². The van der Waals surface area contributed by atoms with E-state index in [-0.39, 0.29) is 18.3 Å². The summed E-state index contributed by atoms with van der Waals surface area (Å²) in [6.07, 6.45) is 5.42. The number of hydrogen-bond acceptors (Lipinski definition) is 10. The number of aromatic nitrogens is 1. The number of nitro groups is 2. The highest BCUT2D eigenvalue weighted by Gasteiger charge is 2.27. The molecule has 2 unspecified atom stereocenters. The van der Waals surface area contributed by atoms with Gasteiger partial charge in [0.25, 0.3) is 5.69 Å². The molecule has 30 heavy (non-hydrogen) atoms. The van der Waals surface area contributed by atoms with Crippen molar-refractivity contribution in [3.05, 3.63) is 32.5 Å². The van der Waals surface area contributed by atoms with E-state index >= 15 is 0 Å². The summed E-state index contributed by atoms with van der Waals surface area (Å²) in [5, 5.41) is 22.4. The van der Waals surface area contributed by atoms with Gasteiger partial charge in [-0.25, -0.2) is 13.4 Å². The Labute approximate surface area is 174 Å². The Kier molecular flexibility index (Phi) is 8.43. The third-order valence-electron chi connectivity index (χ3n) is 5.40. The third kappa shape index (κ3) is 7.15. The summed E-state index contributed by atoms with van der Waals surface area (Å²) in [4.78, 5) is 26.8. The van der Waals surface area contributed by atoms with Gasteiger partial charge in [-0.05, 0) is 37.5 Å². The Morgan fingerprint density at radius 2 is 1.93 bits per heavy atom. The number of anilines is 1. The van der Waals surface area contributed by atoms with Crippen LogP contribution in [0.2, 0.25) is 0 Å². The van der Waals surface area contributed by atoms with E-state index in [9.17, 15) is 33.2 Å². The minimum Gasteiger partial charge on any atom is -0.726 e. The maximum atomic E-state index is 11.5. The van der Waals surface area contributed by atoms with Crippen molar-refractivity contribution in [3.8, 4) is 0 Å². The highest BCUT2D eigenvalue weighted by atomic mass is 32.3. The van der Waals surface area contributed by atoms with Crippen LogP contribution in [0.5, 0.6) is 0 Å². The van der Waals surface area contributed by atoms with Gasteiger partial charge in [0.05, 0.1) is 22.5 Å². The number of nitrogens with zero attached hydrogens (tertiary/aromatic N) is 4. The van der Waals surface area contributed by atoms with Gasteiger partial charge in [0, 0.05) is 13.1 Å². The fraction of sp³-hybridized carbons (Fsp3) is 0.706. The zero-order valence-corrected chi connectivity index (χ0v) is 17.5. The normalized spacial score (nSPS) is 20.8. The Morgan fingerprint density at radius 1 is 1.20 bits per heavy atom. The van der Waals surface area contributed by atoms with Gasteiger partial charge in [-0.15, -0.1) is 0 Å². The topological polar surface area (TPSA) is 169 Å². The van der Waals surface area contributed by atoms with Crippen LogP contribution in [0.4, 0.5) is 17.2 Å². The van der Waals surface area contributed by atoms with Gasteiger partial charge in [0.1, 0.15) is 6.20 Å². The zero-order chi connectivity index (χ0) is 22.3. The Hall–Kier alpha value is -2.38. The molecule has 0 radical (unpaired) electrons. The number of pyridine rings is 1. The molecule has 2 atom stereocenters. The molecule has 2 heterocycles. The Bertz CT molecular complexity index is 863. The standard InChI is InChI=1S/C17H26N4O8S/c1-13-5-2-3-8-19(9-7-14(13)6-4-10-29-30(26,27)28)17-16(21(24)25)11-15(12-18-17)20(22)23/h11-14H,2-10H2,1H3,(H,26,27,28)/p-1. The summed E-state index contributed by atoms with van der Waals surface area (Å²) in [7, 11) is -4.71. The lowest BCUT2D eigenvalue weighted by molar-refractivity contribution is -0.394. The molecule has 0 N–H and O–H groups in total. The summed E-state index contributed by atoms with van der Waals surface area (Å²) in [5.74, 6) is 0.675. The predicted molar refractivity (Wildman–Crippen MR) is 106 cm³/mol.